The Kier molecular flexibility index (Phi) is 6.12. The van der Waals surface area contributed by atoms with Gasteiger partial charge in [-0.25, -0.2) is 15.0 Å². The van der Waals surface area contributed by atoms with Gasteiger partial charge in [-0.1, -0.05) is 159 Å². The molecule has 1 aliphatic rings. The Balaban J connectivity index is 1.17. The van der Waals surface area contributed by atoms with Crippen molar-refractivity contribution in [3.8, 4) is 45.3 Å². The van der Waals surface area contributed by atoms with Gasteiger partial charge in [-0.2, -0.15) is 0 Å². The Labute approximate surface area is 317 Å². The first-order valence-corrected chi connectivity index (χ1v) is 19.0. The molecule has 0 unspecified atom stereocenters. The quantitative estimate of drug-likeness (QED) is 0.172. The lowest BCUT2D eigenvalue weighted by atomic mass is 9.82. The first-order valence-electron chi connectivity index (χ1n) is 19.0. The monoisotopic (exact) mass is 699 g/mol. The molecule has 1 aromatic heterocycles. The summed E-state index contributed by atoms with van der Waals surface area (Å²) in [6.45, 7) is 4.63. The molecule has 1 heterocycles. The molecule has 0 spiro atoms. The first-order chi connectivity index (χ1) is 27.0. The van der Waals surface area contributed by atoms with Gasteiger partial charge in [-0.05, 0) is 105 Å². The second-order valence-electron chi connectivity index (χ2n) is 15.6. The molecule has 3 heteroatoms. The predicted molar refractivity (Wildman–Crippen MR) is 230 cm³/mol. The molecule has 0 saturated heterocycles. The van der Waals surface area contributed by atoms with E-state index in [-0.39, 0.29) is 5.41 Å². The minimum Gasteiger partial charge on any atom is -0.208 e. The van der Waals surface area contributed by atoms with Gasteiger partial charge in [0.05, 0.1) is 0 Å². The minimum absolute atomic E-state index is 0.136. The molecule has 12 rings (SSSR count). The zero-order chi connectivity index (χ0) is 36.4. The minimum atomic E-state index is -0.136. The van der Waals surface area contributed by atoms with Gasteiger partial charge >= 0.3 is 0 Å². The second-order valence-corrected chi connectivity index (χ2v) is 15.6. The molecule has 256 valence electrons. The molecular weight excluding hydrogens is 667 g/mol. The summed E-state index contributed by atoms with van der Waals surface area (Å²) in [6, 6.07) is 59.6. The lowest BCUT2D eigenvalue weighted by Crippen LogP contribution is -2.15. The summed E-state index contributed by atoms with van der Waals surface area (Å²) >= 11 is 0. The van der Waals surface area contributed by atoms with Gasteiger partial charge in [0.2, 0.25) is 0 Å². The van der Waals surface area contributed by atoms with Crippen molar-refractivity contribution in [2.45, 2.75) is 19.3 Å². The van der Waals surface area contributed by atoms with Crippen molar-refractivity contribution in [1.29, 1.82) is 0 Å². The van der Waals surface area contributed by atoms with Crippen LogP contribution in [0.3, 0.4) is 0 Å². The highest BCUT2D eigenvalue weighted by atomic mass is 15.0. The highest BCUT2D eigenvalue weighted by Gasteiger charge is 2.35. The maximum Gasteiger partial charge on any atom is 0.164 e. The van der Waals surface area contributed by atoms with E-state index in [1.807, 2.05) is 18.2 Å². The van der Waals surface area contributed by atoms with E-state index >= 15 is 0 Å². The van der Waals surface area contributed by atoms with Crippen LogP contribution in [0.2, 0.25) is 0 Å². The molecule has 3 nitrogen and oxygen atoms in total. The molecule has 0 aliphatic heterocycles. The van der Waals surface area contributed by atoms with Gasteiger partial charge in [0.15, 0.2) is 17.5 Å². The molecule has 10 aromatic carbocycles. The topological polar surface area (TPSA) is 38.7 Å². The molecule has 0 fully saturated rings. The Morgan fingerprint density at radius 1 is 0.327 bits per heavy atom. The third-order valence-electron chi connectivity index (χ3n) is 12.2. The van der Waals surface area contributed by atoms with E-state index in [0.29, 0.717) is 17.5 Å². The van der Waals surface area contributed by atoms with E-state index in [2.05, 4.69) is 159 Å². The van der Waals surface area contributed by atoms with Crippen LogP contribution in [0.5, 0.6) is 0 Å². The van der Waals surface area contributed by atoms with Gasteiger partial charge in [-0.3, -0.25) is 0 Å². The van der Waals surface area contributed by atoms with Crippen LogP contribution in [0.4, 0.5) is 0 Å². The Bertz CT molecular complexity index is 3390. The van der Waals surface area contributed by atoms with Crippen molar-refractivity contribution < 1.29 is 0 Å². The SMILES string of the molecule is CC1(C)c2ccccc2-c2ccc(-c3nc(-c4ccccc4)nc(-c4cc5ccc6cccc7c8cccc9ccc%10cccc(c(c4)c5c67)c%10c98)n3)cc21. The van der Waals surface area contributed by atoms with Crippen LogP contribution in [0.25, 0.3) is 110 Å². The van der Waals surface area contributed by atoms with E-state index in [1.165, 1.54) is 81.5 Å². The van der Waals surface area contributed by atoms with E-state index < -0.39 is 0 Å². The number of hydrogen-bond acceptors (Lipinski definition) is 3. The summed E-state index contributed by atoms with van der Waals surface area (Å²) in [5.41, 5.74) is 8.00. The molecule has 55 heavy (non-hydrogen) atoms. The van der Waals surface area contributed by atoms with E-state index in [0.717, 1.165) is 22.1 Å². The third kappa shape index (κ3) is 4.29. The van der Waals surface area contributed by atoms with Crippen molar-refractivity contribution >= 4 is 64.6 Å². The lowest BCUT2D eigenvalue weighted by molar-refractivity contribution is 0.660. The summed E-state index contributed by atoms with van der Waals surface area (Å²) in [5, 5.41) is 15.0. The van der Waals surface area contributed by atoms with Crippen molar-refractivity contribution in [2.24, 2.45) is 0 Å². The van der Waals surface area contributed by atoms with Crippen molar-refractivity contribution in [2.75, 3.05) is 0 Å². The fraction of sp³-hybridized carbons (Fsp3) is 0.0577. The number of nitrogens with zero attached hydrogens (tertiary/aromatic N) is 3. The van der Waals surface area contributed by atoms with Gasteiger partial charge in [-0.15, -0.1) is 0 Å². The van der Waals surface area contributed by atoms with Gasteiger partial charge in [0, 0.05) is 22.1 Å². The first kappa shape index (κ1) is 30.5. The van der Waals surface area contributed by atoms with Crippen LogP contribution in [-0.2, 0) is 5.41 Å². The normalized spacial score (nSPS) is 13.4. The Morgan fingerprint density at radius 2 is 0.836 bits per heavy atom. The van der Waals surface area contributed by atoms with Crippen LogP contribution >= 0.6 is 0 Å². The third-order valence-corrected chi connectivity index (χ3v) is 12.2. The van der Waals surface area contributed by atoms with Crippen LogP contribution in [0.1, 0.15) is 25.0 Å². The highest BCUT2D eigenvalue weighted by Crippen LogP contribution is 2.50. The van der Waals surface area contributed by atoms with E-state index in [4.69, 9.17) is 15.0 Å². The molecule has 0 amide bonds. The van der Waals surface area contributed by atoms with Crippen LogP contribution in [0, 0.1) is 0 Å². The Morgan fingerprint density at radius 3 is 1.49 bits per heavy atom. The maximum atomic E-state index is 5.33. The van der Waals surface area contributed by atoms with Crippen molar-refractivity contribution in [3.63, 3.8) is 0 Å². The molecule has 0 atom stereocenters. The van der Waals surface area contributed by atoms with Gasteiger partial charge < -0.3 is 0 Å². The predicted octanol–water partition coefficient (Wildman–Crippen LogP) is 13.5. The number of aromatic nitrogens is 3. The van der Waals surface area contributed by atoms with Crippen LogP contribution in [0.15, 0.2) is 164 Å². The smallest absolute Gasteiger partial charge is 0.164 e. The zero-order valence-corrected chi connectivity index (χ0v) is 30.4. The maximum absolute atomic E-state index is 5.33. The van der Waals surface area contributed by atoms with Gasteiger partial charge in [0.25, 0.3) is 0 Å². The molecular formula is C52H33N3. The number of fused-ring (bicyclic) bond motifs is 5. The summed E-state index contributed by atoms with van der Waals surface area (Å²) in [7, 11) is 0. The molecule has 0 bridgehead atoms. The average molecular weight is 700 g/mol. The fourth-order valence-electron chi connectivity index (χ4n) is 9.61. The van der Waals surface area contributed by atoms with Gasteiger partial charge in [0.1, 0.15) is 0 Å². The number of rotatable bonds is 3. The molecule has 0 saturated carbocycles. The van der Waals surface area contributed by atoms with E-state index in [9.17, 15) is 0 Å². The van der Waals surface area contributed by atoms with Crippen molar-refractivity contribution in [1.82, 2.24) is 15.0 Å². The van der Waals surface area contributed by atoms with Crippen LogP contribution < -0.4 is 0 Å². The van der Waals surface area contributed by atoms with Crippen LogP contribution in [-0.4, -0.2) is 15.0 Å². The zero-order valence-electron chi connectivity index (χ0n) is 30.4. The van der Waals surface area contributed by atoms with E-state index in [1.54, 1.807) is 0 Å². The average Bonchev–Trinajstić information content (AvgIpc) is 3.47. The standard InChI is InChI=1S/C52H33N3/c1-52(2)43-20-7-6-16-37(43)38-26-25-35(29-44(38)52)50-53-49(33-11-4-3-5-12-33)54-51(55-50)36-27-34-24-23-32-14-9-18-40-39-17-8-13-30-21-22-31-15-10-19-41(47(31)45(30)39)42(28-36)48(34)46(32)40/h3-29H,1-2H3. The molecule has 0 N–H and O–H groups in total. The summed E-state index contributed by atoms with van der Waals surface area (Å²) in [4.78, 5) is 15.7. The molecule has 11 aromatic rings. The highest BCUT2D eigenvalue weighted by molar-refractivity contribution is 6.37. The summed E-state index contributed by atoms with van der Waals surface area (Å²) in [6.07, 6.45) is 0. The fourth-order valence-corrected chi connectivity index (χ4v) is 9.61. The second kappa shape index (κ2) is 11.0. The number of benzene rings is 9. The van der Waals surface area contributed by atoms with Crippen molar-refractivity contribution in [3.05, 3.63) is 175 Å². The lowest BCUT2D eigenvalue weighted by Gasteiger charge is -2.21. The summed E-state index contributed by atoms with van der Waals surface area (Å²) < 4.78 is 0. The molecule has 0 radical (unpaired) electrons. The Hall–Kier alpha value is -6.97. The molecule has 1 aliphatic carbocycles. The summed E-state index contributed by atoms with van der Waals surface area (Å²) in [5.74, 6) is 1.99. The number of hydrogen-bond donors (Lipinski definition) is 0. The largest absolute Gasteiger partial charge is 0.208 e.